The number of benzene rings is 4. The molecule has 16 heteroatoms. The summed E-state index contributed by atoms with van der Waals surface area (Å²) in [5, 5.41) is 29.2. The van der Waals surface area contributed by atoms with E-state index in [2.05, 4.69) is 41.7 Å². The predicted molar refractivity (Wildman–Crippen MR) is 218 cm³/mol. The van der Waals surface area contributed by atoms with Gasteiger partial charge in [0.1, 0.15) is 5.75 Å². The van der Waals surface area contributed by atoms with E-state index in [4.69, 9.17) is 14.2 Å². The van der Waals surface area contributed by atoms with Gasteiger partial charge in [0.25, 0.3) is 11.8 Å². The number of hydrogen-bond acceptors (Lipinski definition) is 11. The topological polar surface area (TPSA) is 171 Å². The van der Waals surface area contributed by atoms with Gasteiger partial charge in [-0.1, -0.05) is 36.4 Å². The fraction of sp³-hybridized carbons (Fsp3) is 0.268. The van der Waals surface area contributed by atoms with Crippen LogP contribution in [0.3, 0.4) is 0 Å². The summed E-state index contributed by atoms with van der Waals surface area (Å²) < 4.78 is 16.9. The van der Waals surface area contributed by atoms with Gasteiger partial charge in [-0.05, 0) is 91.2 Å². The second-order valence-electron chi connectivity index (χ2n) is 13.1. The van der Waals surface area contributed by atoms with Crippen molar-refractivity contribution < 1.29 is 23.8 Å². The molecule has 4 aromatic carbocycles. The summed E-state index contributed by atoms with van der Waals surface area (Å²) in [7, 11) is 0. The molecule has 4 N–H and O–H groups in total. The molecule has 296 valence electrons. The standard InChI is InChI=1S/C21H23N5O3.C20H21N5O2.ClH/c1-2-28-18-9-7-17(8-10-18)26-23-13-19(25-26)21(27)24-16-5-3-15(4-6-16)20-14-22-11-12-29-20;1-14-3-2-4-17(11-14)25-22-12-18(24-25)20(26)23-16-7-5-15(6-8-16)19-13-21-9-10-27-19;/h3-10,13,20,22H,2,11-12,14H2,1H3,(H,24,27);2-8,11-12,19,21H,9-10,13H2,1H3,(H,23,26);1H/t20-;19-;/m11./s1. The van der Waals surface area contributed by atoms with Crippen LogP contribution in [0.15, 0.2) is 109 Å². The zero-order valence-corrected chi connectivity index (χ0v) is 32.4. The molecule has 2 amide bonds. The van der Waals surface area contributed by atoms with Gasteiger partial charge in [-0.15, -0.1) is 22.6 Å². The summed E-state index contributed by atoms with van der Waals surface area (Å²) in [5.41, 5.74) is 6.74. The van der Waals surface area contributed by atoms with E-state index in [1.165, 1.54) is 22.0 Å². The van der Waals surface area contributed by atoms with Crippen LogP contribution in [0.5, 0.6) is 5.75 Å². The van der Waals surface area contributed by atoms with Gasteiger partial charge in [0.05, 0.1) is 55.8 Å². The molecule has 2 fully saturated rings. The Balaban J connectivity index is 0.000000190. The zero-order chi connectivity index (χ0) is 38.7. The van der Waals surface area contributed by atoms with Gasteiger partial charge >= 0.3 is 0 Å². The highest BCUT2D eigenvalue weighted by Gasteiger charge is 2.18. The van der Waals surface area contributed by atoms with Gasteiger partial charge in [0, 0.05) is 37.6 Å². The first-order chi connectivity index (χ1) is 27.4. The first-order valence-corrected chi connectivity index (χ1v) is 18.5. The van der Waals surface area contributed by atoms with E-state index in [0.29, 0.717) is 31.2 Å². The summed E-state index contributed by atoms with van der Waals surface area (Å²) in [4.78, 5) is 27.8. The molecule has 57 heavy (non-hydrogen) atoms. The number of carbonyl (C=O) groups is 2. The quantitative estimate of drug-likeness (QED) is 0.138. The van der Waals surface area contributed by atoms with Crippen molar-refractivity contribution in [2.45, 2.75) is 26.1 Å². The lowest BCUT2D eigenvalue weighted by Crippen LogP contribution is -2.33. The van der Waals surface area contributed by atoms with Crippen LogP contribution in [-0.4, -0.2) is 87.8 Å². The maximum absolute atomic E-state index is 12.5. The Morgan fingerprint density at radius 3 is 1.68 bits per heavy atom. The van der Waals surface area contributed by atoms with Crippen molar-refractivity contribution in [3.63, 3.8) is 0 Å². The maximum Gasteiger partial charge on any atom is 0.277 e. The van der Waals surface area contributed by atoms with Crippen LogP contribution in [0.25, 0.3) is 11.4 Å². The first kappa shape index (κ1) is 40.7. The monoisotopic (exact) mass is 792 g/mol. The third-order valence-electron chi connectivity index (χ3n) is 9.00. The van der Waals surface area contributed by atoms with Crippen LogP contribution in [0, 0.1) is 6.92 Å². The van der Waals surface area contributed by atoms with Gasteiger partial charge in [-0.2, -0.15) is 19.8 Å². The van der Waals surface area contributed by atoms with Gasteiger partial charge in [-0.25, -0.2) is 0 Å². The molecule has 0 saturated carbocycles. The Bertz CT molecular complexity index is 2200. The SMILES string of the molecule is CCOc1ccc(-n2ncc(C(=O)Nc3ccc([C@H]4CNCCO4)cc3)n2)cc1.Cc1cccc(-n2ncc(C(=O)Nc3ccc([C@H]4CNCCO4)cc3)n2)c1.Cl. The van der Waals surface area contributed by atoms with Crippen LogP contribution in [0.2, 0.25) is 0 Å². The van der Waals surface area contributed by atoms with Crippen molar-refractivity contribution in [3.8, 4) is 17.1 Å². The van der Waals surface area contributed by atoms with Gasteiger partial charge in [-0.3, -0.25) is 9.59 Å². The number of halogens is 1. The Morgan fingerprint density at radius 2 is 1.23 bits per heavy atom. The summed E-state index contributed by atoms with van der Waals surface area (Å²) >= 11 is 0. The molecule has 0 unspecified atom stereocenters. The molecule has 8 rings (SSSR count). The highest BCUT2D eigenvalue weighted by atomic mass is 35.5. The molecule has 0 spiro atoms. The number of nitrogens with one attached hydrogen (secondary N) is 4. The molecular weight excluding hydrogens is 748 g/mol. The number of nitrogens with zero attached hydrogens (tertiary/aromatic N) is 6. The van der Waals surface area contributed by atoms with Gasteiger partial charge in [0.15, 0.2) is 11.4 Å². The van der Waals surface area contributed by atoms with E-state index in [1.54, 1.807) is 0 Å². The van der Waals surface area contributed by atoms with Crippen molar-refractivity contribution in [1.82, 2.24) is 40.6 Å². The second kappa shape index (κ2) is 19.8. The lowest BCUT2D eigenvalue weighted by Gasteiger charge is -2.24. The number of hydrogen-bond donors (Lipinski definition) is 4. The molecule has 0 radical (unpaired) electrons. The molecular formula is C41H45ClN10O5. The minimum absolute atomic E-state index is 0. The predicted octanol–water partition coefficient (Wildman–Crippen LogP) is 5.49. The number of anilines is 2. The number of rotatable bonds is 10. The molecule has 4 heterocycles. The molecule has 6 aromatic rings. The minimum atomic E-state index is -0.314. The number of amides is 2. The highest BCUT2D eigenvalue weighted by Crippen LogP contribution is 2.23. The molecule has 2 aliphatic heterocycles. The molecule has 2 aromatic heterocycles. The fourth-order valence-electron chi connectivity index (χ4n) is 6.09. The Morgan fingerprint density at radius 1 is 0.719 bits per heavy atom. The fourth-order valence-corrected chi connectivity index (χ4v) is 6.09. The maximum atomic E-state index is 12.5. The lowest BCUT2D eigenvalue weighted by atomic mass is 10.1. The van der Waals surface area contributed by atoms with Gasteiger partial charge < -0.3 is 35.5 Å². The lowest BCUT2D eigenvalue weighted by molar-refractivity contribution is 0.0276. The van der Waals surface area contributed by atoms with Crippen molar-refractivity contribution in [2.24, 2.45) is 0 Å². The normalized spacial score (nSPS) is 16.3. The number of morpholine rings is 2. The Kier molecular flexibility index (Phi) is 14.1. The molecule has 2 saturated heterocycles. The summed E-state index contributed by atoms with van der Waals surface area (Å²) in [6, 6.07) is 30.5. The first-order valence-electron chi connectivity index (χ1n) is 18.5. The number of ether oxygens (including phenoxy) is 3. The Hall–Kier alpha value is -5.97. The average Bonchev–Trinajstić information content (AvgIpc) is 3.95. The largest absolute Gasteiger partial charge is 0.494 e. The zero-order valence-electron chi connectivity index (χ0n) is 31.6. The van der Waals surface area contributed by atoms with Crippen LogP contribution in [0.4, 0.5) is 11.4 Å². The van der Waals surface area contributed by atoms with Crippen LogP contribution >= 0.6 is 12.4 Å². The number of aryl methyl sites for hydroxylation is 1. The van der Waals surface area contributed by atoms with E-state index >= 15 is 0 Å². The Labute approximate surface area is 336 Å². The van der Waals surface area contributed by atoms with Crippen LogP contribution in [-0.2, 0) is 9.47 Å². The number of aromatic nitrogens is 6. The smallest absolute Gasteiger partial charge is 0.277 e. The minimum Gasteiger partial charge on any atom is -0.494 e. The van der Waals surface area contributed by atoms with E-state index in [-0.39, 0.29) is 47.8 Å². The molecule has 0 bridgehead atoms. The van der Waals surface area contributed by atoms with E-state index in [1.807, 2.05) is 111 Å². The summed E-state index contributed by atoms with van der Waals surface area (Å²) in [6.07, 6.45) is 3.01. The van der Waals surface area contributed by atoms with Crippen molar-refractivity contribution in [3.05, 3.63) is 138 Å². The van der Waals surface area contributed by atoms with Crippen molar-refractivity contribution >= 4 is 35.6 Å². The third-order valence-corrected chi connectivity index (χ3v) is 9.00. The summed E-state index contributed by atoms with van der Waals surface area (Å²) in [5.74, 6) is 0.169. The van der Waals surface area contributed by atoms with E-state index in [0.717, 1.165) is 60.0 Å². The van der Waals surface area contributed by atoms with Crippen molar-refractivity contribution in [2.75, 3.05) is 56.6 Å². The van der Waals surface area contributed by atoms with E-state index < -0.39 is 0 Å². The average molecular weight is 793 g/mol. The molecule has 15 nitrogen and oxygen atoms in total. The second-order valence-corrected chi connectivity index (χ2v) is 13.1. The molecule has 2 aliphatic rings. The molecule has 0 aliphatic carbocycles. The molecule has 2 atom stereocenters. The number of carbonyl (C=O) groups excluding carboxylic acids is 2. The third kappa shape index (κ3) is 10.9. The van der Waals surface area contributed by atoms with E-state index in [9.17, 15) is 9.59 Å². The van der Waals surface area contributed by atoms with Crippen LogP contribution < -0.4 is 26.0 Å². The summed E-state index contributed by atoms with van der Waals surface area (Å²) in [6.45, 7) is 9.30. The van der Waals surface area contributed by atoms with Crippen LogP contribution in [0.1, 0.15) is 56.8 Å². The van der Waals surface area contributed by atoms with Gasteiger partial charge in [0.2, 0.25) is 0 Å². The van der Waals surface area contributed by atoms with Crippen molar-refractivity contribution in [1.29, 1.82) is 0 Å². The highest BCUT2D eigenvalue weighted by molar-refractivity contribution is 6.03.